The van der Waals surface area contributed by atoms with Gasteiger partial charge in [0.1, 0.15) is 0 Å². The van der Waals surface area contributed by atoms with Crippen LogP contribution < -0.4 is 0 Å². The maximum Gasteiger partial charge on any atom is 0.430 e. The molecule has 0 bridgehead atoms. The predicted octanol–water partition coefficient (Wildman–Crippen LogP) is 3.74. The number of hydrogen-bond acceptors (Lipinski definition) is 2. The molecule has 1 amide bonds. The number of benzene rings is 1. The van der Waals surface area contributed by atoms with Gasteiger partial charge < -0.3 is 9.64 Å². The van der Waals surface area contributed by atoms with Crippen LogP contribution in [-0.4, -0.2) is 36.7 Å². The third kappa shape index (κ3) is 2.96. The van der Waals surface area contributed by atoms with Crippen LogP contribution in [0.4, 0.5) is 13.2 Å². The van der Waals surface area contributed by atoms with Gasteiger partial charge in [0.05, 0.1) is 0 Å². The Morgan fingerprint density at radius 2 is 1.83 bits per heavy atom. The molecule has 0 N–H and O–H groups in total. The molecule has 1 aliphatic heterocycles. The van der Waals surface area contributed by atoms with Crippen LogP contribution in [0.15, 0.2) is 30.3 Å². The van der Waals surface area contributed by atoms with Crippen molar-refractivity contribution < 1.29 is 22.7 Å². The van der Waals surface area contributed by atoms with Crippen molar-refractivity contribution in [3.8, 4) is 0 Å². The molecule has 23 heavy (non-hydrogen) atoms. The number of hydrogen-bond donors (Lipinski definition) is 0. The van der Waals surface area contributed by atoms with Gasteiger partial charge in [-0.3, -0.25) is 4.79 Å². The molecule has 0 aliphatic carbocycles. The van der Waals surface area contributed by atoms with Crippen LogP contribution >= 0.6 is 0 Å². The predicted molar refractivity (Wildman–Crippen MR) is 80.8 cm³/mol. The van der Waals surface area contributed by atoms with E-state index >= 15 is 0 Å². The highest BCUT2D eigenvalue weighted by Crippen LogP contribution is 2.46. The van der Waals surface area contributed by atoms with Gasteiger partial charge in [0, 0.05) is 25.3 Å². The van der Waals surface area contributed by atoms with Gasteiger partial charge in [0.2, 0.25) is 0 Å². The smallest absolute Gasteiger partial charge is 0.356 e. The second-order valence-electron chi connectivity index (χ2n) is 6.90. The maximum absolute atomic E-state index is 13.9. The van der Waals surface area contributed by atoms with Crippen molar-refractivity contribution in [1.82, 2.24) is 4.90 Å². The molecule has 6 heteroatoms. The first kappa shape index (κ1) is 17.8. The third-order valence-electron chi connectivity index (χ3n) is 4.43. The molecule has 1 saturated heterocycles. The van der Waals surface area contributed by atoms with Gasteiger partial charge in [-0.2, -0.15) is 13.2 Å². The zero-order valence-electron chi connectivity index (χ0n) is 13.8. The molecule has 0 radical (unpaired) electrons. The average molecular weight is 329 g/mol. The number of methoxy groups -OCH3 is 1. The van der Waals surface area contributed by atoms with E-state index < -0.39 is 17.7 Å². The summed E-state index contributed by atoms with van der Waals surface area (Å²) < 4.78 is 46.6. The summed E-state index contributed by atoms with van der Waals surface area (Å²) in [6, 6.07) is 6.84. The molecule has 1 aromatic rings. The number of nitrogens with zero attached hydrogens (tertiary/aromatic N) is 1. The molecule has 0 spiro atoms. The molecule has 0 aromatic heterocycles. The van der Waals surface area contributed by atoms with Crippen molar-refractivity contribution in [3.63, 3.8) is 0 Å². The minimum atomic E-state index is -4.85. The number of ether oxygens (including phenoxy) is 1. The Labute approximate surface area is 134 Å². The molecule has 0 saturated carbocycles. The molecule has 3 nitrogen and oxygen atoms in total. The Hall–Kier alpha value is -1.56. The van der Waals surface area contributed by atoms with E-state index in [1.54, 1.807) is 13.0 Å². The number of likely N-dealkylation sites (tertiary alicyclic amines) is 1. The fraction of sp³-hybridized carbons (Fsp3) is 0.588. The zero-order chi connectivity index (χ0) is 17.5. The van der Waals surface area contributed by atoms with Crippen molar-refractivity contribution >= 4 is 5.91 Å². The van der Waals surface area contributed by atoms with Crippen LogP contribution in [-0.2, 0) is 15.1 Å². The van der Waals surface area contributed by atoms with Crippen LogP contribution in [0.25, 0.3) is 0 Å². The highest BCUT2D eigenvalue weighted by Gasteiger charge is 2.64. The van der Waals surface area contributed by atoms with E-state index in [2.05, 4.69) is 0 Å². The minimum absolute atomic E-state index is 0.197. The van der Waals surface area contributed by atoms with Gasteiger partial charge in [0.15, 0.2) is 0 Å². The summed E-state index contributed by atoms with van der Waals surface area (Å²) in [5.41, 5.74) is -3.38. The molecule has 1 aliphatic rings. The monoisotopic (exact) mass is 329 g/mol. The largest absolute Gasteiger partial charge is 0.430 e. The van der Waals surface area contributed by atoms with Crippen molar-refractivity contribution in [2.45, 2.75) is 45.0 Å². The fourth-order valence-electron chi connectivity index (χ4n) is 3.47. The number of carbonyl (C=O) groups excluding carboxylic acids is 1. The lowest BCUT2D eigenvalue weighted by Crippen LogP contribution is -2.57. The lowest BCUT2D eigenvalue weighted by Gasteiger charge is -2.38. The Bertz CT molecular complexity index is 571. The van der Waals surface area contributed by atoms with E-state index in [9.17, 15) is 18.0 Å². The number of alkyl halides is 3. The van der Waals surface area contributed by atoms with Gasteiger partial charge in [-0.15, -0.1) is 0 Å². The Kier molecular flexibility index (Phi) is 4.50. The first-order chi connectivity index (χ1) is 10.5. The second kappa shape index (κ2) is 5.82. The first-order valence-electron chi connectivity index (χ1n) is 7.53. The summed E-state index contributed by atoms with van der Waals surface area (Å²) in [5.74, 6) is -1.04. The molecule has 1 fully saturated rings. The molecule has 128 valence electrons. The molecular weight excluding hydrogens is 307 g/mol. The lowest BCUT2D eigenvalue weighted by atomic mass is 9.90. The quantitative estimate of drug-likeness (QED) is 0.845. The molecule has 1 unspecified atom stereocenters. The summed E-state index contributed by atoms with van der Waals surface area (Å²) in [7, 11) is 0.935. The van der Waals surface area contributed by atoms with Gasteiger partial charge in [-0.25, -0.2) is 0 Å². The van der Waals surface area contributed by atoms with E-state index in [4.69, 9.17) is 4.74 Å². The van der Waals surface area contributed by atoms with Gasteiger partial charge in [-0.1, -0.05) is 44.2 Å². The van der Waals surface area contributed by atoms with Gasteiger partial charge in [-0.05, 0) is 18.8 Å². The standard InChI is InChI=1S/C17H22F3NO2/c1-12-10-15(2,3)11-21(12)14(22)16(23-4,17(18,19)20)13-8-6-5-7-9-13/h5-9,12H,10-11H2,1-4H3/t12?,16-/m1/s1. The molecule has 1 aromatic carbocycles. The normalized spacial score (nSPS) is 23.6. The number of rotatable bonds is 3. The van der Waals surface area contributed by atoms with Crippen LogP contribution in [0.5, 0.6) is 0 Å². The Morgan fingerprint density at radius 1 is 1.26 bits per heavy atom. The van der Waals surface area contributed by atoms with E-state index in [-0.39, 0.29) is 23.6 Å². The summed E-state index contributed by atoms with van der Waals surface area (Å²) >= 11 is 0. The molecule has 1 heterocycles. The Balaban J connectivity index is 2.53. The lowest BCUT2D eigenvalue weighted by molar-refractivity contribution is -0.270. The van der Waals surface area contributed by atoms with E-state index in [0.717, 1.165) is 7.11 Å². The van der Waals surface area contributed by atoms with E-state index in [1.165, 1.54) is 29.2 Å². The van der Waals surface area contributed by atoms with Crippen molar-refractivity contribution in [2.24, 2.45) is 5.41 Å². The highest BCUT2D eigenvalue weighted by atomic mass is 19.4. The summed E-state index contributed by atoms with van der Waals surface area (Å²) in [5, 5.41) is 0. The van der Waals surface area contributed by atoms with Crippen molar-refractivity contribution in [3.05, 3.63) is 35.9 Å². The second-order valence-corrected chi connectivity index (χ2v) is 6.90. The van der Waals surface area contributed by atoms with Crippen molar-refractivity contribution in [2.75, 3.05) is 13.7 Å². The number of halogens is 3. The van der Waals surface area contributed by atoms with Gasteiger partial charge >= 0.3 is 6.18 Å². The highest BCUT2D eigenvalue weighted by molar-refractivity contribution is 5.88. The number of amides is 1. The maximum atomic E-state index is 13.9. The molecular formula is C17H22F3NO2. The summed E-state index contributed by atoms with van der Waals surface area (Å²) in [6.07, 6.45) is -4.20. The molecule has 2 rings (SSSR count). The summed E-state index contributed by atoms with van der Waals surface area (Å²) in [4.78, 5) is 14.2. The number of carbonyl (C=O) groups is 1. The van der Waals surface area contributed by atoms with E-state index in [0.29, 0.717) is 6.42 Å². The van der Waals surface area contributed by atoms with Crippen LogP contribution in [0.1, 0.15) is 32.8 Å². The fourth-order valence-corrected chi connectivity index (χ4v) is 3.47. The van der Waals surface area contributed by atoms with Crippen molar-refractivity contribution in [1.29, 1.82) is 0 Å². The first-order valence-corrected chi connectivity index (χ1v) is 7.53. The SMILES string of the molecule is CO[C@@](C(=O)N1CC(C)(C)CC1C)(c1ccccc1)C(F)(F)F. The van der Waals surface area contributed by atoms with Crippen LogP contribution in [0.2, 0.25) is 0 Å². The minimum Gasteiger partial charge on any atom is -0.356 e. The topological polar surface area (TPSA) is 29.5 Å². The third-order valence-corrected chi connectivity index (χ3v) is 4.43. The van der Waals surface area contributed by atoms with Gasteiger partial charge in [0.25, 0.3) is 11.5 Å². The van der Waals surface area contributed by atoms with Crippen LogP contribution in [0.3, 0.4) is 0 Å². The average Bonchev–Trinajstić information content (AvgIpc) is 2.73. The van der Waals surface area contributed by atoms with Crippen LogP contribution in [0, 0.1) is 5.41 Å². The molecule has 2 atom stereocenters. The summed E-state index contributed by atoms with van der Waals surface area (Å²) in [6.45, 7) is 5.94. The zero-order valence-corrected chi connectivity index (χ0v) is 13.8. The Morgan fingerprint density at radius 3 is 2.22 bits per heavy atom. The van der Waals surface area contributed by atoms with E-state index in [1.807, 2.05) is 13.8 Å².